The predicted octanol–water partition coefficient (Wildman–Crippen LogP) is 4.48. The number of aromatic nitrogens is 3. The van der Waals surface area contributed by atoms with E-state index in [9.17, 15) is 4.79 Å². The van der Waals surface area contributed by atoms with E-state index in [2.05, 4.69) is 31.3 Å². The number of nitrogens with one attached hydrogen (secondary N) is 1. The van der Waals surface area contributed by atoms with Crippen molar-refractivity contribution >= 4 is 44.1 Å². The highest BCUT2D eigenvalue weighted by atomic mass is 79.9. The Bertz CT molecular complexity index is 1110. The van der Waals surface area contributed by atoms with Gasteiger partial charge in [-0.1, -0.05) is 24.3 Å². The summed E-state index contributed by atoms with van der Waals surface area (Å²) in [6.07, 6.45) is 0. The summed E-state index contributed by atoms with van der Waals surface area (Å²) in [4.78, 5) is 17.5. The van der Waals surface area contributed by atoms with Crippen LogP contribution in [0.25, 0.3) is 16.2 Å². The summed E-state index contributed by atoms with van der Waals surface area (Å²) in [5.74, 6) is 0.768. The maximum atomic E-state index is 12.4. The normalized spacial score (nSPS) is 10.8. The zero-order valence-corrected chi connectivity index (χ0v) is 16.0. The molecule has 1 N–H and O–H groups in total. The lowest BCUT2D eigenvalue weighted by Gasteiger charge is -2.03. The molecule has 0 aliphatic carbocycles. The van der Waals surface area contributed by atoms with Crippen molar-refractivity contribution in [3.05, 3.63) is 63.9 Å². The van der Waals surface area contributed by atoms with E-state index in [4.69, 9.17) is 4.74 Å². The number of nitrogens with zero attached hydrogens (tertiary/aromatic N) is 3. The van der Waals surface area contributed by atoms with Crippen molar-refractivity contribution in [2.45, 2.75) is 0 Å². The first kappa shape index (κ1) is 16.7. The molecule has 2 aromatic heterocycles. The lowest BCUT2D eigenvalue weighted by Crippen LogP contribution is -2.13. The lowest BCUT2D eigenvalue weighted by atomic mass is 10.2. The fourth-order valence-corrected chi connectivity index (χ4v) is 3.83. The van der Waals surface area contributed by atoms with Crippen LogP contribution in [0.5, 0.6) is 5.75 Å². The highest BCUT2D eigenvalue weighted by Crippen LogP contribution is 2.28. The van der Waals surface area contributed by atoms with Gasteiger partial charge in [0.05, 0.1) is 18.4 Å². The Morgan fingerprint density at radius 2 is 2.08 bits per heavy atom. The number of hydrogen-bond acceptors (Lipinski definition) is 5. The van der Waals surface area contributed by atoms with Crippen molar-refractivity contribution in [1.29, 1.82) is 0 Å². The molecule has 0 bridgehead atoms. The van der Waals surface area contributed by atoms with Gasteiger partial charge in [0.15, 0.2) is 0 Å². The van der Waals surface area contributed by atoms with Gasteiger partial charge in [0, 0.05) is 15.4 Å². The van der Waals surface area contributed by atoms with E-state index in [1.54, 1.807) is 23.8 Å². The molecule has 0 unspecified atom stereocenters. The largest absolute Gasteiger partial charge is 0.497 e. The minimum Gasteiger partial charge on any atom is -0.497 e. The maximum Gasteiger partial charge on any atom is 0.259 e. The van der Waals surface area contributed by atoms with Crippen molar-refractivity contribution in [3.8, 4) is 17.0 Å². The number of carbonyl (C=O) groups is 1. The van der Waals surface area contributed by atoms with Gasteiger partial charge in [0.2, 0.25) is 4.96 Å². The number of anilines is 1. The van der Waals surface area contributed by atoms with Gasteiger partial charge >= 0.3 is 0 Å². The van der Waals surface area contributed by atoms with Crippen LogP contribution in [0, 0.1) is 0 Å². The van der Waals surface area contributed by atoms with Crippen LogP contribution in [0.3, 0.4) is 0 Å². The SMILES string of the molecule is COc1cccc(-c2csc3nc(NC(=O)c4ccccc4Br)nn23)c1. The van der Waals surface area contributed by atoms with Crippen LogP contribution in [-0.4, -0.2) is 27.6 Å². The Labute approximate surface area is 161 Å². The van der Waals surface area contributed by atoms with Crippen LogP contribution in [-0.2, 0) is 0 Å². The number of fused-ring (bicyclic) bond motifs is 1. The molecule has 130 valence electrons. The van der Waals surface area contributed by atoms with E-state index in [0.29, 0.717) is 10.5 Å². The highest BCUT2D eigenvalue weighted by Gasteiger charge is 2.15. The van der Waals surface area contributed by atoms with Crippen LogP contribution in [0.2, 0.25) is 0 Å². The van der Waals surface area contributed by atoms with Crippen LogP contribution < -0.4 is 10.1 Å². The zero-order chi connectivity index (χ0) is 18.1. The third-order valence-electron chi connectivity index (χ3n) is 3.79. The molecule has 0 spiro atoms. The summed E-state index contributed by atoms with van der Waals surface area (Å²) in [6.45, 7) is 0. The first-order chi connectivity index (χ1) is 12.7. The summed E-state index contributed by atoms with van der Waals surface area (Å²) in [5.41, 5.74) is 2.38. The molecule has 1 amide bonds. The summed E-state index contributed by atoms with van der Waals surface area (Å²) >= 11 is 4.83. The van der Waals surface area contributed by atoms with Gasteiger partial charge in [-0.2, -0.15) is 4.98 Å². The third-order valence-corrected chi connectivity index (χ3v) is 5.30. The minimum absolute atomic E-state index is 0.265. The number of ether oxygens (including phenoxy) is 1. The quantitative estimate of drug-likeness (QED) is 0.520. The number of carbonyl (C=O) groups excluding carboxylic acids is 1. The smallest absolute Gasteiger partial charge is 0.259 e. The van der Waals surface area contributed by atoms with E-state index in [0.717, 1.165) is 21.5 Å². The molecule has 6 nitrogen and oxygen atoms in total. The Balaban J connectivity index is 1.66. The van der Waals surface area contributed by atoms with Gasteiger partial charge in [-0.15, -0.1) is 16.4 Å². The monoisotopic (exact) mass is 428 g/mol. The van der Waals surface area contributed by atoms with Crippen LogP contribution in [0.15, 0.2) is 58.4 Å². The number of methoxy groups -OCH3 is 1. The topological polar surface area (TPSA) is 68.5 Å². The lowest BCUT2D eigenvalue weighted by molar-refractivity contribution is 0.102. The summed E-state index contributed by atoms with van der Waals surface area (Å²) in [6, 6.07) is 14.9. The fourth-order valence-electron chi connectivity index (χ4n) is 2.53. The summed E-state index contributed by atoms with van der Waals surface area (Å²) < 4.78 is 7.72. The van der Waals surface area contributed by atoms with E-state index in [-0.39, 0.29) is 11.9 Å². The van der Waals surface area contributed by atoms with E-state index in [1.165, 1.54) is 11.3 Å². The number of rotatable bonds is 4. The highest BCUT2D eigenvalue weighted by molar-refractivity contribution is 9.10. The van der Waals surface area contributed by atoms with Crippen LogP contribution >= 0.6 is 27.3 Å². The number of hydrogen-bond donors (Lipinski definition) is 1. The van der Waals surface area contributed by atoms with Crippen molar-refractivity contribution in [2.24, 2.45) is 0 Å². The molecule has 0 radical (unpaired) electrons. The molecule has 0 aliphatic rings. The number of amides is 1. The van der Waals surface area contributed by atoms with Crippen molar-refractivity contribution in [3.63, 3.8) is 0 Å². The average molecular weight is 429 g/mol. The second kappa shape index (κ2) is 6.89. The van der Waals surface area contributed by atoms with Gasteiger partial charge in [0.25, 0.3) is 11.9 Å². The molecule has 0 saturated heterocycles. The molecule has 0 saturated carbocycles. The van der Waals surface area contributed by atoms with Crippen molar-refractivity contribution in [2.75, 3.05) is 12.4 Å². The molecule has 4 aromatic rings. The minimum atomic E-state index is -0.265. The van der Waals surface area contributed by atoms with E-state index in [1.807, 2.05) is 41.8 Å². The molecule has 4 rings (SSSR count). The van der Waals surface area contributed by atoms with Gasteiger partial charge in [-0.25, -0.2) is 4.52 Å². The van der Waals surface area contributed by atoms with Gasteiger partial charge in [-0.05, 0) is 40.2 Å². The summed E-state index contributed by atoms with van der Waals surface area (Å²) in [7, 11) is 1.63. The maximum absolute atomic E-state index is 12.4. The predicted molar refractivity (Wildman–Crippen MR) is 105 cm³/mol. The summed E-state index contributed by atoms with van der Waals surface area (Å²) in [5, 5.41) is 9.15. The van der Waals surface area contributed by atoms with Gasteiger partial charge in [-0.3, -0.25) is 10.1 Å². The van der Waals surface area contributed by atoms with Gasteiger partial charge in [0.1, 0.15) is 5.75 Å². The van der Waals surface area contributed by atoms with Crippen LogP contribution in [0.1, 0.15) is 10.4 Å². The number of benzene rings is 2. The molecule has 0 fully saturated rings. The first-order valence-electron chi connectivity index (χ1n) is 7.70. The molecule has 2 heterocycles. The molecule has 8 heteroatoms. The zero-order valence-electron chi connectivity index (χ0n) is 13.6. The Kier molecular flexibility index (Phi) is 4.44. The second-order valence-corrected chi connectivity index (χ2v) is 7.11. The van der Waals surface area contributed by atoms with Crippen molar-refractivity contribution < 1.29 is 9.53 Å². The number of halogens is 1. The Hall–Kier alpha value is -2.71. The molecule has 0 aliphatic heterocycles. The molecule has 0 atom stereocenters. The molecular formula is C18H13BrN4O2S. The third kappa shape index (κ3) is 3.09. The average Bonchev–Trinajstić information content (AvgIpc) is 3.22. The standard InChI is InChI=1S/C18H13BrN4O2S/c1-25-12-6-4-5-11(9-12)15-10-26-18-21-17(22-23(15)18)20-16(24)13-7-2-3-8-14(13)19/h2-10H,1H3,(H,20,22,24). The fraction of sp³-hybridized carbons (Fsp3) is 0.0556. The molecular weight excluding hydrogens is 416 g/mol. The van der Waals surface area contributed by atoms with Crippen molar-refractivity contribution in [1.82, 2.24) is 14.6 Å². The van der Waals surface area contributed by atoms with E-state index < -0.39 is 0 Å². The Morgan fingerprint density at radius 1 is 1.23 bits per heavy atom. The molecule has 2 aromatic carbocycles. The van der Waals surface area contributed by atoms with Gasteiger partial charge < -0.3 is 4.74 Å². The van der Waals surface area contributed by atoms with Crippen LogP contribution in [0.4, 0.5) is 5.95 Å². The van der Waals surface area contributed by atoms with E-state index >= 15 is 0 Å². The Morgan fingerprint density at radius 3 is 2.88 bits per heavy atom. The molecule has 26 heavy (non-hydrogen) atoms. The number of thiazole rings is 1. The second-order valence-electron chi connectivity index (χ2n) is 5.42. The first-order valence-corrected chi connectivity index (χ1v) is 9.37.